The van der Waals surface area contributed by atoms with E-state index in [4.69, 9.17) is 0 Å². The zero-order valence-corrected chi connectivity index (χ0v) is 12.3. The molecule has 3 rings (SSSR count). The standard InChI is InChI=1S/C18H17F3O/c1-2-3-12-4-6-13(7-5-12)14-8-15-11-22-18(20,21)10-16(15)17(19)9-14/h4-9H,2-3,10-11H2,1H3. The Kier molecular flexibility index (Phi) is 3.96. The summed E-state index contributed by atoms with van der Waals surface area (Å²) in [5.74, 6) is -0.590. The van der Waals surface area contributed by atoms with Crippen molar-refractivity contribution >= 4 is 0 Å². The van der Waals surface area contributed by atoms with Crippen molar-refractivity contribution in [1.29, 1.82) is 0 Å². The number of rotatable bonds is 3. The first-order valence-corrected chi connectivity index (χ1v) is 7.41. The predicted molar refractivity (Wildman–Crippen MR) is 79.3 cm³/mol. The second-order valence-corrected chi connectivity index (χ2v) is 5.65. The maximum absolute atomic E-state index is 14.2. The lowest BCUT2D eigenvalue weighted by Crippen LogP contribution is -2.29. The molecule has 2 aromatic rings. The highest BCUT2D eigenvalue weighted by atomic mass is 19.3. The van der Waals surface area contributed by atoms with Gasteiger partial charge in [-0.25, -0.2) is 4.39 Å². The molecule has 0 radical (unpaired) electrons. The molecule has 0 spiro atoms. The fourth-order valence-electron chi connectivity index (χ4n) is 2.78. The van der Waals surface area contributed by atoms with E-state index >= 15 is 0 Å². The Morgan fingerprint density at radius 3 is 2.50 bits per heavy atom. The summed E-state index contributed by atoms with van der Waals surface area (Å²) in [5.41, 5.74) is 3.35. The number of benzene rings is 2. The van der Waals surface area contributed by atoms with Crippen LogP contribution < -0.4 is 0 Å². The van der Waals surface area contributed by atoms with Crippen LogP contribution in [0.25, 0.3) is 11.1 Å². The summed E-state index contributed by atoms with van der Waals surface area (Å²) in [6.07, 6.45) is -1.92. The third-order valence-electron chi connectivity index (χ3n) is 3.94. The number of fused-ring (bicyclic) bond motifs is 1. The van der Waals surface area contributed by atoms with Gasteiger partial charge in [0.25, 0.3) is 0 Å². The van der Waals surface area contributed by atoms with Gasteiger partial charge in [-0.15, -0.1) is 0 Å². The maximum atomic E-state index is 14.2. The van der Waals surface area contributed by atoms with Crippen LogP contribution in [-0.4, -0.2) is 6.11 Å². The van der Waals surface area contributed by atoms with Crippen molar-refractivity contribution in [2.24, 2.45) is 0 Å². The monoisotopic (exact) mass is 306 g/mol. The van der Waals surface area contributed by atoms with E-state index in [1.54, 1.807) is 6.07 Å². The summed E-state index contributed by atoms with van der Waals surface area (Å²) in [5, 5.41) is 0. The molecule has 1 aliphatic heterocycles. The minimum Gasteiger partial charge on any atom is -0.315 e. The van der Waals surface area contributed by atoms with E-state index < -0.39 is 18.3 Å². The first-order valence-electron chi connectivity index (χ1n) is 7.41. The fraction of sp³-hybridized carbons (Fsp3) is 0.333. The van der Waals surface area contributed by atoms with Gasteiger partial charge >= 0.3 is 6.11 Å². The summed E-state index contributed by atoms with van der Waals surface area (Å²) in [4.78, 5) is 0. The molecule has 0 fully saturated rings. The average Bonchev–Trinajstić information content (AvgIpc) is 2.48. The Hall–Kier alpha value is -1.81. The summed E-state index contributed by atoms with van der Waals surface area (Å²) < 4.78 is 45.1. The second kappa shape index (κ2) is 5.76. The molecule has 2 aromatic carbocycles. The third kappa shape index (κ3) is 3.02. The molecular weight excluding hydrogens is 289 g/mol. The Labute approximate surface area is 127 Å². The molecule has 0 bridgehead atoms. The molecule has 22 heavy (non-hydrogen) atoms. The van der Waals surface area contributed by atoms with Gasteiger partial charge in [-0.3, -0.25) is 0 Å². The number of alkyl halides is 2. The molecule has 0 aromatic heterocycles. The van der Waals surface area contributed by atoms with Gasteiger partial charge in [-0.2, -0.15) is 8.78 Å². The van der Waals surface area contributed by atoms with Gasteiger partial charge in [0.2, 0.25) is 0 Å². The lowest BCUT2D eigenvalue weighted by Gasteiger charge is -2.25. The van der Waals surface area contributed by atoms with Gasteiger partial charge in [-0.1, -0.05) is 37.6 Å². The van der Waals surface area contributed by atoms with E-state index in [1.165, 1.54) is 11.6 Å². The van der Waals surface area contributed by atoms with Crippen LogP contribution in [0.15, 0.2) is 36.4 Å². The fourth-order valence-corrected chi connectivity index (χ4v) is 2.78. The van der Waals surface area contributed by atoms with E-state index in [-0.39, 0.29) is 12.2 Å². The topological polar surface area (TPSA) is 9.23 Å². The lowest BCUT2D eigenvalue weighted by atomic mass is 9.95. The molecule has 0 aliphatic carbocycles. The quantitative estimate of drug-likeness (QED) is 0.765. The summed E-state index contributed by atoms with van der Waals surface area (Å²) in [7, 11) is 0. The van der Waals surface area contributed by atoms with Crippen molar-refractivity contribution in [3.8, 4) is 11.1 Å². The van der Waals surface area contributed by atoms with E-state index in [0.29, 0.717) is 11.1 Å². The minimum absolute atomic E-state index is 0.0580. The number of aryl methyl sites for hydroxylation is 1. The van der Waals surface area contributed by atoms with Crippen molar-refractivity contribution < 1.29 is 17.9 Å². The van der Waals surface area contributed by atoms with Crippen molar-refractivity contribution in [1.82, 2.24) is 0 Å². The SMILES string of the molecule is CCCc1ccc(-c2cc(F)c3c(c2)COC(F)(F)C3)cc1. The maximum Gasteiger partial charge on any atom is 0.360 e. The zero-order chi connectivity index (χ0) is 15.7. The highest BCUT2D eigenvalue weighted by Gasteiger charge is 2.37. The molecule has 0 amide bonds. The van der Waals surface area contributed by atoms with Crippen LogP contribution >= 0.6 is 0 Å². The van der Waals surface area contributed by atoms with Crippen molar-refractivity contribution in [3.63, 3.8) is 0 Å². The van der Waals surface area contributed by atoms with E-state index in [9.17, 15) is 13.2 Å². The highest BCUT2D eigenvalue weighted by molar-refractivity contribution is 5.65. The van der Waals surface area contributed by atoms with Crippen LogP contribution in [0, 0.1) is 5.82 Å². The second-order valence-electron chi connectivity index (χ2n) is 5.65. The van der Waals surface area contributed by atoms with Crippen LogP contribution in [0.2, 0.25) is 0 Å². The minimum atomic E-state index is -3.28. The summed E-state index contributed by atoms with van der Waals surface area (Å²) in [6.45, 7) is 1.85. The van der Waals surface area contributed by atoms with Crippen LogP contribution in [0.3, 0.4) is 0 Å². The summed E-state index contributed by atoms with van der Waals surface area (Å²) >= 11 is 0. The Balaban J connectivity index is 1.94. The van der Waals surface area contributed by atoms with Crippen LogP contribution in [0.1, 0.15) is 30.0 Å². The predicted octanol–water partition coefficient (Wildman–Crippen LogP) is 5.11. The van der Waals surface area contributed by atoms with Crippen LogP contribution in [0.5, 0.6) is 0 Å². The number of halogens is 3. The largest absolute Gasteiger partial charge is 0.360 e. The van der Waals surface area contributed by atoms with Crippen molar-refractivity contribution in [2.75, 3.05) is 0 Å². The molecule has 0 saturated heterocycles. The molecule has 1 heterocycles. The third-order valence-corrected chi connectivity index (χ3v) is 3.94. The first-order chi connectivity index (χ1) is 10.5. The van der Waals surface area contributed by atoms with Gasteiger partial charge in [0.15, 0.2) is 0 Å². The molecule has 0 unspecified atom stereocenters. The molecule has 0 atom stereocenters. The van der Waals surface area contributed by atoms with Gasteiger partial charge in [0.05, 0.1) is 13.0 Å². The molecule has 4 heteroatoms. The number of ether oxygens (including phenoxy) is 1. The van der Waals surface area contributed by atoms with Gasteiger partial charge in [0.1, 0.15) is 5.82 Å². The molecule has 1 nitrogen and oxygen atoms in total. The molecule has 116 valence electrons. The van der Waals surface area contributed by atoms with Gasteiger partial charge in [-0.05, 0) is 40.8 Å². The highest BCUT2D eigenvalue weighted by Crippen LogP contribution is 2.35. The molecule has 0 saturated carbocycles. The average molecular weight is 306 g/mol. The Morgan fingerprint density at radius 2 is 1.82 bits per heavy atom. The normalized spacial score (nSPS) is 16.4. The number of hydrogen-bond acceptors (Lipinski definition) is 1. The van der Waals surface area contributed by atoms with Crippen molar-refractivity contribution in [2.45, 2.75) is 38.9 Å². The zero-order valence-electron chi connectivity index (χ0n) is 12.3. The molecule has 0 N–H and O–H groups in total. The Morgan fingerprint density at radius 1 is 1.09 bits per heavy atom. The first kappa shape index (κ1) is 15.1. The smallest absolute Gasteiger partial charge is 0.315 e. The van der Waals surface area contributed by atoms with E-state index in [2.05, 4.69) is 11.7 Å². The lowest BCUT2D eigenvalue weighted by molar-refractivity contribution is -0.251. The van der Waals surface area contributed by atoms with E-state index in [1.807, 2.05) is 24.3 Å². The van der Waals surface area contributed by atoms with Crippen LogP contribution in [0.4, 0.5) is 13.2 Å². The molecule has 1 aliphatic rings. The van der Waals surface area contributed by atoms with E-state index in [0.717, 1.165) is 18.4 Å². The molecular formula is C18H17F3O. The number of hydrogen-bond donors (Lipinski definition) is 0. The van der Waals surface area contributed by atoms with Gasteiger partial charge < -0.3 is 4.74 Å². The summed E-state index contributed by atoms with van der Waals surface area (Å²) in [6, 6.07) is 11.0. The van der Waals surface area contributed by atoms with Gasteiger partial charge in [0, 0.05) is 5.56 Å². The Bertz CT molecular complexity index is 677. The van der Waals surface area contributed by atoms with Crippen molar-refractivity contribution in [3.05, 3.63) is 58.9 Å². The van der Waals surface area contributed by atoms with Crippen LogP contribution in [-0.2, 0) is 24.2 Å².